The van der Waals surface area contributed by atoms with E-state index in [0.717, 1.165) is 23.4 Å². The van der Waals surface area contributed by atoms with Crippen molar-refractivity contribution in [1.29, 1.82) is 0 Å². The third kappa shape index (κ3) is 3.55. The average molecular weight is 290 g/mol. The summed E-state index contributed by atoms with van der Waals surface area (Å²) in [6, 6.07) is 7.46. The second-order valence-corrected chi connectivity index (χ2v) is 4.97. The summed E-state index contributed by atoms with van der Waals surface area (Å²) >= 11 is 0. The van der Waals surface area contributed by atoms with Crippen molar-refractivity contribution in [3.63, 3.8) is 0 Å². The van der Waals surface area contributed by atoms with Gasteiger partial charge in [-0.05, 0) is 30.2 Å². The number of hydrogen-bond donors (Lipinski definition) is 1. The van der Waals surface area contributed by atoms with Gasteiger partial charge in [-0.1, -0.05) is 6.92 Å². The van der Waals surface area contributed by atoms with Crippen LogP contribution in [0.2, 0.25) is 0 Å². The highest BCUT2D eigenvalue weighted by Crippen LogP contribution is 2.28. The monoisotopic (exact) mass is 290 g/mol. The van der Waals surface area contributed by atoms with Crippen LogP contribution in [0.5, 0.6) is 11.5 Å². The molecule has 114 valence electrons. The lowest BCUT2D eigenvalue weighted by Gasteiger charge is -2.14. The van der Waals surface area contributed by atoms with Crippen molar-refractivity contribution < 1.29 is 14.6 Å². The van der Waals surface area contributed by atoms with Crippen LogP contribution in [0.4, 0.5) is 0 Å². The normalized spacial score (nSPS) is 12.2. The van der Waals surface area contributed by atoms with Gasteiger partial charge in [0.2, 0.25) is 0 Å². The first-order chi connectivity index (χ1) is 10.1. The molecule has 0 amide bonds. The van der Waals surface area contributed by atoms with Crippen LogP contribution in [0.1, 0.15) is 30.0 Å². The summed E-state index contributed by atoms with van der Waals surface area (Å²) in [6.07, 6.45) is 0.755. The molecule has 2 aromatic rings. The summed E-state index contributed by atoms with van der Waals surface area (Å²) in [5, 5.41) is 14.9. The Labute approximate surface area is 125 Å². The number of hydrogen-bond acceptors (Lipinski definition) is 4. The molecule has 5 heteroatoms. The zero-order valence-electron chi connectivity index (χ0n) is 13.0. The Bertz CT molecular complexity index is 585. The summed E-state index contributed by atoms with van der Waals surface area (Å²) in [6.45, 7) is 2.06. The number of aromatic nitrogens is 2. The molecule has 1 aromatic heterocycles. The lowest BCUT2D eigenvalue weighted by molar-refractivity contribution is 0.175. The third-order valence-corrected chi connectivity index (χ3v) is 3.55. The van der Waals surface area contributed by atoms with Crippen molar-refractivity contribution in [3.8, 4) is 11.5 Å². The van der Waals surface area contributed by atoms with Crippen LogP contribution >= 0.6 is 0 Å². The Balaban J connectivity index is 2.22. The van der Waals surface area contributed by atoms with Crippen molar-refractivity contribution in [3.05, 3.63) is 41.2 Å². The molecule has 0 saturated carbocycles. The number of ether oxygens (including phenoxy) is 2. The van der Waals surface area contributed by atoms with E-state index >= 15 is 0 Å². The molecule has 0 fully saturated rings. The van der Waals surface area contributed by atoms with Crippen LogP contribution < -0.4 is 9.47 Å². The number of methoxy groups -OCH3 is 2. The van der Waals surface area contributed by atoms with Crippen molar-refractivity contribution in [2.24, 2.45) is 7.05 Å². The molecule has 0 aliphatic heterocycles. The van der Waals surface area contributed by atoms with Crippen molar-refractivity contribution in [2.45, 2.75) is 25.9 Å². The Morgan fingerprint density at radius 3 is 2.24 bits per heavy atom. The molecule has 1 aromatic carbocycles. The first-order valence-corrected chi connectivity index (χ1v) is 7.00. The van der Waals surface area contributed by atoms with Crippen molar-refractivity contribution in [2.75, 3.05) is 14.2 Å². The highest BCUT2D eigenvalue weighted by molar-refractivity contribution is 5.39. The summed E-state index contributed by atoms with van der Waals surface area (Å²) < 4.78 is 12.3. The quantitative estimate of drug-likeness (QED) is 0.886. The van der Waals surface area contributed by atoms with Crippen molar-refractivity contribution in [1.82, 2.24) is 9.78 Å². The topological polar surface area (TPSA) is 56.5 Å². The predicted molar refractivity (Wildman–Crippen MR) is 80.8 cm³/mol. The van der Waals surface area contributed by atoms with Gasteiger partial charge in [0.05, 0.1) is 26.0 Å². The molecule has 1 atom stereocenters. The molecule has 0 radical (unpaired) electrons. The fourth-order valence-electron chi connectivity index (χ4n) is 2.27. The zero-order valence-corrected chi connectivity index (χ0v) is 13.0. The molecule has 5 nitrogen and oxygen atoms in total. The molecule has 0 spiro atoms. The van der Waals surface area contributed by atoms with Gasteiger partial charge < -0.3 is 14.6 Å². The fraction of sp³-hybridized carbons (Fsp3) is 0.438. The number of rotatable bonds is 6. The predicted octanol–water partition coefficient (Wildman–Crippen LogP) is 2.28. The highest BCUT2D eigenvalue weighted by atomic mass is 16.5. The van der Waals surface area contributed by atoms with E-state index in [4.69, 9.17) is 9.47 Å². The second-order valence-electron chi connectivity index (χ2n) is 4.97. The Hall–Kier alpha value is -2.01. The third-order valence-electron chi connectivity index (χ3n) is 3.55. The largest absolute Gasteiger partial charge is 0.497 e. The zero-order chi connectivity index (χ0) is 15.4. The molecule has 1 unspecified atom stereocenters. The number of nitrogens with zero attached hydrogens (tertiary/aromatic N) is 2. The first kappa shape index (κ1) is 15.4. The smallest absolute Gasteiger partial charge is 0.122 e. The van der Waals surface area contributed by atoms with E-state index in [1.165, 1.54) is 0 Å². The first-order valence-electron chi connectivity index (χ1n) is 7.00. The molecule has 1 heterocycles. The van der Waals surface area contributed by atoms with Gasteiger partial charge >= 0.3 is 0 Å². The van der Waals surface area contributed by atoms with Gasteiger partial charge in [0.25, 0.3) is 0 Å². The maximum atomic E-state index is 10.5. The standard InChI is InChI=1S/C16H22N2O3/c1-5-12-8-13(18(2)17-12)9-16(19)11-6-14(20-3)10-15(7-11)21-4/h6-8,10,16,19H,5,9H2,1-4H3. The van der Waals surface area contributed by atoms with E-state index in [2.05, 4.69) is 12.0 Å². The van der Waals surface area contributed by atoms with Crippen LogP contribution in [-0.4, -0.2) is 29.1 Å². The van der Waals surface area contributed by atoms with E-state index in [-0.39, 0.29) is 0 Å². The molecule has 1 N–H and O–H groups in total. The molecule has 0 aliphatic rings. The van der Waals surface area contributed by atoms with Gasteiger partial charge in [0.1, 0.15) is 11.5 Å². The summed E-state index contributed by atoms with van der Waals surface area (Å²) in [7, 11) is 5.09. The molecular weight excluding hydrogens is 268 g/mol. The van der Waals surface area contributed by atoms with Gasteiger partial charge in [-0.15, -0.1) is 0 Å². The van der Waals surface area contributed by atoms with Gasteiger partial charge in [-0.3, -0.25) is 4.68 Å². The minimum Gasteiger partial charge on any atom is -0.497 e. The fourth-order valence-corrected chi connectivity index (χ4v) is 2.27. The summed E-state index contributed by atoms with van der Waals surface area (Å²) in [5.74, 6) is 1.34. The Morgan fingerprint density at radius 1 is 1.14 bits per heavy atom. The Kier molecular flexibility index (Phi) is 4.85. The van der Waals surface area contributed by atoms with Crippen LogP contribution in [0, 0.1) is 0 Å². The highest BCUT2D eigenvalue weighted by Gasteiger charge is 2.14. The van der Waals surface area contributed by atoms with E-state index in [0.29, 0.717) is 17.9 Å². The summed E-state index contributed by atoms with van der Waals surface area (Å²) in [5.41, 5.74) is 2.80. The maximum Gasteiger partial charge on any atom is 0.122 e. The molecular formula is C16H22N2O3. The molecule has 2 rings (SSSR count). The number of aryl methyl sites for hydroxylation is 2. The summed E-state index contributed by atoms with van der Waals surface area (Å²) in [4.78, 5) is 0. The number of aliphatic hydroxyl groups excluding tert-OH is 1. The van der Waals surface area contributed by atoms with Crippen molar-refractivity contribution >= 4 is 0 Å². The molecule has 0 saturated heterocycles. The second kappa shape index (κ2) is 6.63. The molecule has 21 heavy (non-hydrogen) atoms. The Morgan fingerprint density at radius 2 is 1.76 bits per heavy atom. The molecule has 0 aliphatic carbocycles. The van der Waals surface area contributed by atoms with Crippen LogP contribution in [0.25, 0.3) is 0 Å². The number of benzene rings is 1. The van der Waals surface area contributed by atoms with E-state index < -0.39 is 6.10 Å². The number of aliphatic hydroxyl groups is 1. The van der Waals surface area contributed by atoms with Crippen LogP contribution in [-0.2, 0) is 19.9 Å². The lowest BCUT2D eigenvalue weighted by atomic mass is 10.0. The maximum absolute atomic E-state index is 10.5. The minimum atomic E-state index is -0.630. The molecule has 0 bridgehead atoms. The minimum absolute atomic E-state index is 0.500. The van der Waals surface area contributed by atoms with E-state index in [1.807, 2.05) is 29.9 Å². The van der Waals surface area contributed by atoms with E-state index in [1.54, 1.807) is 20.3 Å². The van der Waals surface area contributed by atoms with Crippen LogP contribution in [0.3, 0.4) is 0 Å². The van der Waals surface area contributed by atoms with Gasteiger partial charge in [-0.2, -0.15) is 5.10 Å². The average Bonchev–Trinajstić information content (AvgIpc) is 2.86. The van der Waals surface area contributed by atoms with Gasteiger partial charge in [0.15, 0.2) is 0 Å². The SMILES string of the molecule is CCc1cc(CC(O)c2cc(OC)cc(OC)c2)n(C)n1. The van der Waals surface area contributed by atoms with Gasteiger partial charge in [0, 0.05) is 25.2 Å². The lowest BCUT2D eigenvalue weighted by Crippen LogP contribution is -2.07. The van der Waals surface area contributed by atoms with E-state index in [9.17, 15) is 5.11 Å². The van der Waals surface area contributed by atoms with Crippen LogP contribution in [0.15, 0.2) is 24.3 Å². The van der Waals surface area contributed by atoms with Gasteiger partial charge in [-0.25, -0.2) is 0 Å².